The highest BCUT2D eigenvalue weighted by Crippen LogP contribution is 2.52. The Morgan fingerprint density at radius 1 is 0.767 bits per heavy atom. The number of carbonyl (C=O) groups excluding carboxylic acids is 2. The fraction of sp³-hybridized carbons (Fsp3) is 0.483. The number of halogens is 6. The number of hydrogen-bond acceptors (Lipinski definition) is 6. The van der Waals surface area contributed by atoms with E-state index in [1.54, 1.807) is 13.8 Å². The number of alkyl halides is 6. The summed E-state index contributed by atoms with van der Waals surface area (Å²) in [6, 6.07) is 10.1. The lowest BCUT2D eigenvalue weighted by Crippen LogP contribution is -2.45. The Kier molecular flexibility index (Phi) is 8.24. The zero-order valence-corrected chi connectivity index (χ0v) is 23.9. The van der Waals surface area contributed by atoms with Crippen molar-refractivity contribution in [1.82, 2.24) is 10.6 Å². The second-order valence-electron chi connectivity index (χ2n) is 11.7. The van der Waals surface area contributed by atoms with E-state index in [1.165, 1.54) is 48.5 Å². The monoisotopic (exact) mass is 611 g/mol. The Morgan fingerprint density at radius 3 is 1.74 bits per heavy atom. The van der Waals surface area contributed by atoms with Crippen LogP contribution in [0.3, 0.4) is 0 Å². The topological polar surface area (TPSA) is 105 Å². The Hall–Kier alpha value is -3.81. The molecule has 0 aromatic heterocycles. The molecule has 2 N–H and O–H groups in total. The summed E-state index contributed by atoms with van der Waals surface area (Å²) in [5.41, 5.74) is -6.02. The third-order valence-electron chi connectivity index (χ3n) is 7.34. The van der Waals surface area contributed by atoms with Crippen molar-refractivity contribution in [3.8, 4) is 0 Å². The Bertz CT molecular complexity index is 1400. The third kappa shape index (κ3) is 7.06. The average Bonchev–Trinajstić information content (AvgIpc) is 3.81. The number of benzene rings is 2. The van der Waals surface area contributed by atoms with E-state index in [0.717, 1.165) is 6.21 Å². The first-order valence-electron chi connectivity index (χ1n) is 13.4. The molecular weight excluding hydrogens is 580 g/mol. The van der Waals surface area contributed by atoms with Crippen LogP contribution in [-0.2, 0) is 15.9 Å². The van der Waals surface area contributed by atoms with Gasteiger partial charge in [-0.05, 0) is 70.4 Å². The van der Waals surface area contributed by atoms with Gasteiger partial charge < -0.3 is 15.4 Å². The van der Waals surface area contributed by atoms with Gasteiger partial charge in [0.1, 0.15) is 0 Å². The molecule has 0 saturated carbocycles. The van der Waals surface area contributed by atoms with Crippen LogP contribution >= 0.6 is 0 Å². The van der Waals surface area contributed by atoms with E-state index in [2.05, 4.69) is 25.9 Å². The van der Waals surface area contributed by atoms with Crippen molar-refractivity contribution in [3.05, 3.63) is 70.8 Å². The molecule has 4 rings (SSSR count). The summed E-state index contributed by atoms with van der Waals surface area (Å²) in [5.74, 6) is -0.901. The van der Waals surface area contributed by atoms with Crippen LogP contribution in [0.2, 0.25) is 0 Å². The SMILES string of the molecule is CC(C)(CCOC(C)(C)CCNC(=O)c1ccc(C2(C(F)(F)F)C=N2)cc1)NC(=O)c1ccc(C2(C(F)(F)F)N=N2)cc1. The fourth-order valence-corrected chi connectivity index (χ4v) is 4.37. The number of amides is 2. The summed E-state index contributed by atoms with van der Waals surface area (Å²) < 4.78 is 85.2. The molecule has 1 unspecified atom stereocenters. The van der Waals surface area contributed by atoms with E-state index >= 15 is 0 Å². The molecule has 8 nitrogen and oxygen atoms in total. The predicted octanol–water partition coefficient (Wildman–Crippen LogP) is 6.22. The van der Waals surface area contributed by atoms with Gasteiger partial charge in [0, 0.05) is 41.6 Å². The maximum absolute atomic E-state index is 13.2. The second kappa shape index (κ2) is 11.0. The second-order valence-corrected chi connectivity index (χ2v) is 11.7. The van der Waals surface area contributed by atoms with Crippen molar-refractivity contribution in [1.29, 1.82) is 0 Å². The standard InChI is InChI=1S/C29H31F6N5O3/c1-24(2,38-23(42)19-7-11-21(12-8-19)27(39-40-27)29(33,34)35)14-16-43-25(3,4)13-15-36-22(41)18-5-9-20(10-6-18)26(17-37-26)28(30,31)32/h5-12,17H,13-16H2,1-4H3,(H,36,41)(H,38,42). The number of rotatable bonds is 12. The van der Waals surface area contributed by atoms with Crippen LogP contribution in [0.4, 0.5) is 26.3 Å². The summed E-state index contributed by atoms with van der Waals surface area (Å²) in [7, 11) is 0. The number of nitrogens with one attached hydrogen (secondary N) is 2. The van der Waals surface area contributed by atoms with Crippen LogP contribution in [-0.4, -0.2) is 54.7 Å². The molecule has 2 heterocycles. The lowest BCUT2D eigenvalue weighted by atomic mass is 9.96. The molecule has 0 spiro atoms. The highest BCUT2D eigenvalue weighted by molar-refractivity contribution is 5.95. The predicted molar refractivity (Wildman–Crippen MR) is 145 cm³/mol. The molecule has 2 aromatic carbocycles. The number of ether oxygens (including phenoxy) is 1. The summed E-state index contributed by atoms with van der Waals surface area (Å²) in [6.07, 6.45) is -7.51. The molecule has 0 aliphatic carbocycles. The Morgan fingerprint density at radius 2 is 1.28 bits per heavy atom. The van der Waals surface area contributed by atoms with Crippen molar-refractivity contribution in [2.75, 3.05) is 13.2 Å². The van der Waals surface area contributed by atoms with Gasteiger partial charge in [-0.1, -0.05) is 24.3 Å². The van der Waals surface area contributed by atoms with E-state index in [4.69, 9.17) is 4.74 Å². The van der Waals surface area contributed by atoms with E-state index in [1.807, 2.05) is 13.8 Å². The summed E-state index contributed by atoms with van der Waals surface area (Å²) >= 11 is 0. The maximum atomic E-state index is 13.2. The first-order chi connectivity index (χ1) is 19.8. The van der Waals surface area contributed by atoms with Gasteiger partial charge in [-0.2, -0.15) is 26.3 Å². The molecule has 0 saturated heterocycles. The molecule has 43 heavy (non-hydrogen) atoms. The van der Waals surface area contributed by atoms with Crippen molar-refractivity contribution >= 4 is 18.0 Å². The molecule has 14 heteroatoms. The number of aliphatic imine (C=N–C) groups is 1. The van der Waals surface area contributed by atoms with E-state index in [-0.39, 0.29) is 35.4 Å². The molecule has 2 aliphatic heterocycles. The molecule has 1 atom stereocenters. The van der Waals surface area contributed by atoms with Crippen LogP contribution in [0.1, 0.15) is 72.4 Å². The van der Waals surface area contributed by atoms with Crippen LogP contribution in [0.25, 0.3) is 0 Å². The highest BCUT2D eigenvalue weighted by Gasteiger charge is 2.65. The summed E-state index contributed by atoms with van der Waals surface area (Å²) in [5, 5.41) is 11.9. The molecule has 0 radical (unpaired) electrons. The first-order valence-corrected chi connectivity index (χ1v) is 13.4. The fourth-order valence-electron chi connectivity index (χ4n) is 4.37. The van der Waals surface area contributed by atoms with Gasteiger partial charge in [0.05, 0.1) is 5.60 Å². The molecule has 0 bridgehead atoms. The zero-order valence-electron chi connectivity index (χ0n) is 23.9. The average molecular weight is 612 g/mol. The smallest absolute Gasteiger partial charge is 0.375 e. The minimum absolute atomic E-state index is 0.0526. The van der Waals surface area contributed by atoms with Gasteiger partial charge in [0.2, 0.25) is 5.54 Å². The van der Waals surface area contributed by atoms with Gasteiger partial charge >= 0.3 is 18.0 Å². The number of carbonyl (C=O) groups is 2. The molecule has 2 aliphatic rings. The molecule has 232 valence electrons. The summed E-state index contributed by atoms with van der Waals surface area (Å²) in [4.78, 5) is 28.6. The number of hydrogen-bond donors (Lipinski definition) is 2. The minimum atomic E-state index is -4.65. The van der Waals surface area contributed by atoms with Crippen molar-refractivity contribution in [2.24, 2.45) is 15.2 Å². The van der Waals surface area contributed by atoms with Gasteiger partial charge in [0.25, 0.3) is 11.8 Å². The van der Waals surface area contributed by atoms with Crippen LogP contribution < -0.4 is 10.6 Å². The Balaban J connectivity index is 1.19. The van der Waals surface area contributed by atoms with Crippen molar-refractivity contribution in [3.63, 3.8) is 0 Å². The third-order valence-corrected chi connectivity index (χ3v) is 7.34. The van der Waals surface area contributed by atoms with Crippen molar-refractivity contribution < 1.29 is 40.7 Å². The quantitative estimate of drug-likeness (QED) is 0.279. The molecular formula is C29H31F6N5O3. The lowest BCUT2D eigenvalue weighted by Gasteiger charge is -2.30. The van der Waals surface area contributed by atoms with Gasteiger partial charge in [-0.25, -0.2) is 0 Å². The van der Waals surface area contributed by atoms with Crippen LogP contribution in [0, 0.1) is 0 Å². The Labute approximate surface area is 244 Å². The van der Waals surface area contributed by atoms with Crippen molar-refractivity contribution in [2.45, 2.75) is 75.2 Å². The summed E-state index contributed by atoms with van der Waals surface area (Å²) in [6.45, 7) is 7.74. The van der Waals surface area contributed by atoms with Gasteiger partial charge in [0.15, 0.2) is 0 Å². The highest BCUT2D eigenvalue weighted by atomic mass is 19.4. The molecule has 2 amide bonds. The number of nitrogens with zero attached hydrogens (tertiary/aromatic N) is 3. The largest absolute Gasteiger partial charge is 0.442 e. The normalized spacial score (nSPS) is 19.2. The van der Waals surface area contributed by atoms with E-state index in [0.29, 0.717) is 12.8 Å². The maximum Gasteiger partial charge on any atom is 0.442 e. The van der Waals surface area contributed by atoms with Crippen LogP contribution in [0.5, 0.6) is 0 Å². The van der Waals surface area contributed by atoms with E-state index < -0.39 is 46.5 Å². The lowest BCUT2D eigenvalue weighted by molar-refractivity contribution is -0.166. The van der Waals surface area contributed by atoms with Gasteiger partial charge in [-0.3, -0.25) is 14.6 Å². The van der Waals surface area contributed by atoms with Crippen LogP contribution in [0.15, 0.2) is 63.8 Å². The minimum Gasteiger partial charge on any atom is -0.375 e. The van der Waals surface area contributed by atoms with Gasteiger partial charge in [-0.15, -0.1) is 10.2 Å². The molecule has 2 aromatic rings. The molecule has 0 fully saturated rings. The van der Waals surface area contributed by atoms with E-state index in [9.17, 15) is 35.9 Å². The zero-order chi connectivity index (χ0) is 31.9. The first kappa shape index (κ1) is 32.1.